The van der Waals surface area contributed by atoms with Gasteiger partial charge in [0.05, 0.1) is 6.04 Å². The Hall–Kier alpha value is -1.35. The summed E-state index contributed by atoms with van der Waals surface area (Å²) in [6.45, 7) is 10.2. The average molecular weight is 248 g/mol. The summed E-state index contributed by atoms with van der Waals surface area (Å²) in [7, 11) is 0. The second kappa shape index (κ2) is 6.01. The number of benzene rings is 1. The largest absolute Gasteiger partial charge is 0.324 e. The summed E-state index contributed by atoms with van der Waals surface area (Å²) in [5.41, 5.74) is 10.1. The van der Waals surface area contributed by atoms with Crippen LogP contribution in [-0.2, 0) is 4.79 Å². The molecule has 0 fully saturated rings. The monoisotopic (exact) mass is 248 g/mol. The molecule has 0 radical (unpaired) electrons. The minimum atomic E-state index is -0.440. The van der Waals surface area contributed by atoms with Crippen LogP contribution in [0, 0.1) is 26.7 Å². The first-order chi connectivity index (χ1) is 8.31. The molecule has 1 amide bonds. The van der Waals surface area contributed by atoms with Gasteiger partial charge in [0, 0.05) is 5.69 Å². The molecule has 0 bridgehead atoms. The lowest BCUT2D eigenvalue weighted by atomic mass is 10.0. The highest BCUT2D eigenvalue weighted by Crippen LogP contribution is 2.22. The number of aryl methyl sites for hydroxylation is 3. The molecule has 0 spiro atoms. The first kappa shape index (κ1) is 14.7. The Morgan fingerprint density at radius 2 is 1.72 bits per heavy atom. The molecule has 0 heterocycles. The van der Waals surface area contributed by atoms with E-state index in [-0.39, 0.29) is 5.91 Å². The zero-order valence-electron chi connectivity index (χ0n) is 12.0. The number of hydrogen-bond donors (Lipinski definition) is 2. The van der Waals surface area contributed by atoms with Gasteiger partial charge in [-0.3, -0.25) is 4.79 Å². The van der Waals surface area contributed by atoms with Gasteiger partial charge in [0.2, 0.25) is 5.91 Å². The lowest BCUT2D eigenvalue weighted by Crippen LogP contribution is -2.37. The van der Waals surface area contributed by atoms with Crippen LogP contribution in [0.2, 0.25) is 0 Å². The van der Waals surface area contributed by atoms with E-state index in [1.54, 1.807) is 0 Å². The molecule has 0 saturated carbocycles. The molecule has 1 aromatic carbocycles. The van der Waals surface area contributed by atoms with Gasteiger partial charge in [0.15, 0.2) is 0 Å². The van der Waals surface area contributed by atoms with Crippen LogP contribution in [0.25, 0.3) is 0 Å². The van der Waals surface area contributed by atoms with E-state index in [0.29, 0.717) is 12.3 Å². The number of nitrogens with two attached hydrogens (primary N) is 1. The minimum absolute atomic E-state index is 0.0984. The van der Waals surface area contributed by atoms with Crippen molar-refractivity contribution in [2.24, 2.45) is 11.7 Å². The molecule has 3 nitrogen and oxygen atoms in total. The van der Waals surface area contributed by atoms with Crippen LogP contribution >= 0.6 is 0 Å². The fourth-order valence-corrected chi connectivity index (χ4v) is 2.21. The van der Waals surface area contributed by atoms with Crippen molar-refractivity contribution in [2.45, 2.75) is 47.1 Å². The summed E-state index contributed by atoms with van der Waals surface area (Å²) in [6, 6.07) is 3.69. The van der Waals surface area contributed by atoms with Gasteiger partial charge in [-0.1, -0.05) is 31.5 Å². The number of carbonyl (C=O) groups is 1. The molecule has 0 aliphatic carbocycles. The number of carbonyl (C=O) groups excluding carboxylic acids is 1. The molecule has 100 valence electrons. The van der Waals surface area contributed by atoms with Crippen LogP contribution in [-0.4, -0.2) is 11.9 Å². The van der Waals surface area contributed by atoms with Gasteiger partial charge in [0.25, 0.3) is 0 Å². The minimum Gasteiger partial charge on any atom is -0.324 e. The fourth-order valence-electron chi connectivity index (χ4n) is 2.21. The highest BCUT2D eigenvalue weighted by atomic mass is 16.2. The standard InChI is InChI=1S/C15H24N2O/c1-9(2)6-13(16)15(18)17-14-11(4)7-10(3)8-12(14)5/h7-9,13H,6,16H2,1-5H3,(H,17,18)/t13-/m0/s1. The van der Waals surface area contributed by atoms with Crippen LogP contribution in [0.3, 0.4) is 0 Å². The van der Waals surface area contributed by atoms with Gasteiger partial charge in [-0.15, -0.1) is 0 Å². The summed E-state index contributed by atoms with van der Waals surface area (Å²) < 4.78 is 0. The van der Waals surface area contributed by atoms with E-state index in [4.69, 9.17) is 5.73 Å². The number of amides is 1. The molecule has 1 atom stereocenters. The van der Waals surface area contributed by atoms with Crippen LogP contribution in [0.5, 0.6) is 0 Å². The number of hydrogen-bond acceptors (Lipinski definition) is 2. The van der Waals surface area contributed by atoms with E-state index in [1.165, 1.54) is 5.56 Å². The van der Waals surface area contributed by atoms with Gasteiger partial charge in [0.1, 0.15) is 0 Å². The van der Waals surface area contributed by atoms with E-state index in [2.05, 4.69) is 38.2 Å². The normalized spacial score (nSPS) is 12.6. The highest BCUT2D eigenvalue weighted by molar-refractivity contribution is 5.96. The Bertz CT molecular complexity index is 415. The first-order valence-electron chi connectivity index (χ1n) is 6.45. The topological polar surface area (TPSA) is 55.1 Å². The third kappa shape index (κ3) is 3.84. The predicted octanol–water partition coefficient (Wildman–Crippen LogP) is 2.92. The molecular weight excluding hydrogens is 224 g/mol. The fraction of sp³-hybridized carbons (Fsp3) is 0.533. The zero-order valence-corrected chi connectivity index (χ0v) is 12.0. The van der Waals surface area contributed by atoms with E-state index >= 15 is 0 Å². The molecule has 0 saturated heterocycles. The van der Waals surface area contributed by atoms with Crippen LogP contribution in [0.4, 0.5) is 5.69 Å². The summed E-state index contributed by atoms with van der Waals surface area (Å²) >= 11 is 0. The molecule has 1 aromatic rings. The van der Waals surface area contributed by atoms with Crippen LogP contribution < -0.4 is 11.1 Å². The van der Waals surface area contributed by atoms with E-state index in [1.807, 2.05) is 13.8 Å². The third-order valence-electron chi connectivity index (χ3n) is 2.99. The maximum atomic E-state index is 12.0. The molecule has 0 aliphatic heterocycles. The van der Waals surface area contributed by atoms with E-state index < -0.39 is 6.04 Å². The highest BCUT2D eigenvalue weighted by Gasteiger charge is 2.16. The number of anilines is 1. The third-order valence-corrected chi connectivity index (χ3v) is 2.99. The quantitative estimate of drug-likeness (QED) is 0.860. The van der Waals surface area contributed by atoms with Crippen molar-refractivity contribution in [1.82, 2.24) is 0 Å². The van der Waals surface area contributed by atoms with Crippen molar-refractivity contribution >= 4 is 11.6 Å². The summed E-state index contributed by atoms with van der Waals surface area (Å²) in [5, 5.41) is 2.95. The van der Waals surface area contributed by atoms with Crippen LogP contribution in [0.1, 0.15) is 37.0 Å². The lowest BCUT2D eigenvalue weighted by molar-refractivity contribution is -0.117. The smallest absolute Gasteiger partial charge is 0.241 e. The number of nitrogens with one attached hydrogen (secondary N) is 1. The summed E-state index contributed by atoms with van der Waals surface area (Å²) in [4.78, 5) is 12.0. The summed E-state index contributed by atoms with van der Waals surface area (Å²) in [5.74, 6) is 0.324. The van der Waals surface area contributed by atoms with Crippen molar-refractivity contribution in [1.29, 1.82) is 0 Å². The van der Waals surface area contributed by atoms with Gasteiger partial charge >= 0.3 is 0 Å². The van der Waals surface area contributed by atoms with E-state index in [0.717, 1.165) is 16.8 Å². The molecule has 3 N–H and O–H groups in total. The van der Waals surface area contributed by atoms with Gasteiger partial charge in [-0.2, -0.15) is 0 Å². The average Bonchev–Trinajstić information content (AvgIpc) is 2.21. The van der Waals surface area contributed by atoms with Crippen molar-refractivity contribution in [3.8, 4) is 0 Å². The van der Waals surface area contributed by atoms with Crippen LogP contribution in [0.15, 0.2) is 12.1 Å². The SMILES string of the molecule is Cc1cc(C)c(NC(=O)[C@@H](N)CC(C)C)c(C)c1. The van der Waals surface area contributed by atoms with Gasteiger partial charge in [-0.05, 0) is 44.2 Å². The van der Waals surface area contributed by atoms with Crippen molar-refractivity contribution in [2.75, 3.05) is 5.32 Å². The van der Waals surface area contributed by atoms with Crippen molar-refractivity contribution in [3.63, 3.8) is 0 Å². The van der Waals surface area contributed by atoms with Gasteiger partial charge < -0.3 is 11.1 Å². The molecule has 3 heteroatoms. The Morgan fingerprint density at radius 1 is 1.22 bits per heavy atom. The Morgan fingerprint density at radius 3 is 2.17 bits per heavy atom. The molecular formula is C15H24N2O. The Labute approximate surface area is 110 Å². The second-order valence-electron chi connectivity index (χ2n) is 5.50. The first-order valence-corrected chi connectivity index (χ1v) is 6.45. The maximum absolute atomic E-state index is 12.0. The van der Waals surface area contributed by atoms with E-state index in [9.17, 15) is 4.79 Å². The molecule has 0 unspecified atom stereocenters. The molecule has 0 aliphatic rings. The molecule has 0 aromatic heterocycles. The lowest BCUT2D eigenvalue weighted by Gasteiger charge is -2.17. The predicted molar refractivity (Wildman–Crippen MR) is 76.7 cm³/mol. The zero-order chi connectivity index (χ0) is 13.9. The Balaban J connectivity index is 2.82. The summed E-state index contributed by atoms with van der Waals surface area (Å²) in [6.07, 6.45) is 0.704. The maximum Gasteiger partial charge on any atom is 0.241 e. The van der Waals surface area contributed by atoms with Crippen molar-refractivity contribution < 1.29 is 4.79 Å². The Kier molecular flexibility index (Phi) is 4.91. The second-order valence-corrected chi connectivity index (χ2v) is 5.50. The van der Waals surface area contributed by atoms with Crippen molar-refractivity contribution in [3.05, 3.63) is 28.8 Å². The molecule has 1 rings (SSSR count). The number of rotatable bonds is 4. The molecule has 18 heavy (non-hydrogen) atoms. The van der Waals surface area contributed by atoms with Gasteiger partial charge in [-0.25, -0.2) is 0 Å².